The number of hydrogen-bond acceptors (Lipinski definition) is 0. The maximum atomic E-state index is 3.46. The van der Waals surface area contributed by atoms with Gasteiger partial charge in [-0.05, 0) is 23.6 Å². The van der Waals surface area contributed by atoms with E-state index < -0.39 is 0 Å². The van der Waals surface area contributed by atoms with Crippen molar-refractivity contribution in [2.75, 3.05) is 0 Å². The zero-order chi connectivity index (χ0) is 12.4. The zero-order valence-electron chi connectivity index (χ0n) is 10.9. The van der Waals surface area contributed by atoms with E-state index >= 15 is 0 Å². The van der Waals surface area contributed by atoms with Gasteiger partial charge in [0.05, 0.1) is 0 Å². The molecule has 0 bridgehead atoms. The van der Waals surface area contributed by atoms with Crippen molar-refractivity contribution in [1.82, 2.24) is 4.98 Å². The minimum atomic E-state index is 1.16. The molecule has 0 unspecified atom stereocenters. The highest BCUT2D eigenvalue weighted by molar-refractivity contribution is 6.08. The first-order valence-electron chi connectivity index (χ1n) is 6.88. The predicted molar refractivity (Wildman–Crippen MR) is 79.0 cm³/mol. The minimum absolute atomic E-state index is 1.16. The molecule has 3 aromatic rings. The Bertz CT molecular complexity index is 663. The van der Waals surface area contributed by atoms with Crippen LogP contribution in [-0.4, -0.2) is 4.98 Å². The zero-order valence-corrected chi connectivity index (χ0v) is 10.9. The maximum absolute atomic E-state index is 3.46. The van der Waals surface area contributed by atoms with E-state index in [0.717, 1.165) is 6.42 Å². The fourth-order valence-corrected chi connectivity index (χ4v) is 2.71. The number of nitrogens with one attached hydrogen (secondary N) is 1. The molecule has 0 aliphatic rings. The third-order valence-corrected chi connectivity index (χ3v) is 3.72. The number of rotatable bonds is 4. The van der Waals surface area contributed by atoms with Gasteiger partial charge in [0, 0.05) is 22.7 Å². The van der Waals surface area contributed by atoms with Gasteiger partial charge in [-0.1, -0.05) is 56.2 Å². The van der Waals surface area contributed by atoms with Crippen molar-refractivity contribution in [2.24, 2.45) is 0 Å². The van der Waals surface area contributed by atoms with Crippen molar-refractivity contribution in [2.45, 2.75) is 32.6 Å². The van der Waals surface area contributed by atoms with Crippen molar-refractivity contribution >= 4 is 21.5 Å². The Balaban J connectivity index is 2.06. The smallest absolute Gasteiger partial charge is 0.0227 e. The molecule has 1 nitrogen and oxygen atoms in total. The van der Waals surface area contributed by atoms with Crippen LogP contribution in [-0.2, 0) is 6.42 Å². The fourth-order valence-electron chi connectivity index (χ4n) is 2.71. The van der Waals surface area contributed by atoms with Gasteiger partial charge < -0.3 is 4.98 Å². The summed E-state index contributed by atoms with van der Waals surface area (Å²) in [5.74, 6) is 0. The van der Waals surface area contributed by atoms with Gasteiger partial charge in [-0.25, -0.2) is 0 Å². The van der Waals surface area contributed by atoms with Crippen molar-refractivity contribution in [3.05, 3.63) is 48.3 Å². The van der Waals surface area contributed by atoms with E-state index in [1.165, 1.54) is 46.5 Å². The maximum Gasteiger partial charge on any atom is 0.0227 e. The van der Waals surface area contributed by atoms with E-state index in [1.807, 2.05) is 0 Å². The van der Waals surface area contributed by atoms with Crippen LogP contribution in [0.15, 0.2) is 42.6 Å². The Kier molecular flexibility index (Phi) is 3.06. The second-order valence-electron chi connectivity index (χ2n) is 4.97. The van der Waals surface area contributed by atoms with Gasteiger partial charge in [-0.15, -0.1) is 0 Å². The van der Waals surface area contributed by atoms with Crippen LogP contribution in [0.25, 0.3) is 21.5 Å². The van der Waals surface area contributed by atoms with E-state index in [2.05, 4.69) is 54.5 Å². The molecule has 0 spiro atoms. The van der Waals surface area contributed by atoms with E-state index in [4.69, 9.17) is 0 Å². The summed E-state index contributed by atoms with van der Waals surface area (Å²) in [6.45, 7) is 2.25. The number of aryl methyl sites for hydroxylation is 1. The van der Waals surface area contributed by atoms with Gasteiger partial charge in [0.15, 0.2) is 0 Å². The van der Waals surface area contributed by atoms with Crippen molar-refractivity contribution in [1.29, 1.82) is 0 Å². The lowest BCUT2D eigenvalue weighted by atomic mass is 10.0. The van der Waals surface area contributed by atoms with Gasteiger partial charge >= 0.3 is 0 Å². The summed E-state index contributed by atoms with van der Waals surface area (Å²) in [5, 5.41) is 5.43. The summed E-state index contributed by atoms with van der Waals surface area (Å²) in [6.07, 6.45) is 7.20. The lowest BCUT2D eigenvalue weighted by Crippen LogP contribution is -1.85. The molecule has 1 heterocycles. The number of unbranched alkanes of at least 4 members (excludes halogenated alkanes) is 2. The molecule has 1 heteroatoms. The number of aromatic amines is 1. The highest BCUT2D eigenvalue weighted by Crippen LogP contribution is 2.28. The van der Waals surface area contributed by atoms with Crippen LogP contribution < -0.4 is 0 Å². The fraction of sp³-hybridized carbons (Fsp3) is 0.294. The molecule has 1 aromatic heterocycles. The molecule has 0 aliphatic heterocycles. The largest absolute Gasteiger partial charge is 0.364 e. The summed E-state index contributed by atoms with van der Waals surface area (Å²) in [4.78, 5) is 3.46. The summed E-state index contributed by atoms with van der Waals surface area (Å²) in [7, 11) is 0. The molecular weight excluding hydrogens is 218 g/mol. The van der Waals surface area contributed by atoms with Crippen LogP contribution >= 0.6 is 0 Å². The topological polar surface area (TPSA) is 15.8 Å². The summed E-state index contributed by atoms with van der Waals surface area (Å²) in [6, 6.07) is 13.1. The summed E-state index contributed by atoms with van der Waals surface area (Å²) >= 11 is 0. The van der Waals surface area contributed by atoms with Gasteiger partial charge in [-0.2, -0.15) is 0 Å². The third kappa shape index (κ3) is 1.90. The average Bonchev–Trinajstić information content (AvgIpc) is 2.83. The molecule has 0 saturated carbocycles. The molecule has 2 aromatic carbocycles. The monoisotopic (exact) mass is 237 g/mol. The van der Waals surface area contributed by atoms with Gasteiger partial charge in [-0.3, -0.25) is 0 Å². The number of benzene rings is 2. The quantitative estimate of drug-likeness (QED) is 0.611. The van der Waals surface area contributed by atoms with E-state index in [0.29, 0.717) is 0 Å². The second-order valence-corrected chi connectivity index (χ2v) is 4.97. The molecule has 0 saturated heterocycles. The number of fused-ring (bicyclic) bond motifs is 3. The molecule has 0 fully saturated rings. The minimum Gasteiger partial charge on any atom is -0.364 e. The molecule has 92 valence electrons. The first kappa shape index (κ1) is 11.3. The predicted octanol–water partition coefficient (Wildman–Crippen LogP) is 5.05. The Morgan fingerprint density at radius 2 is 1.78 bits per heavy atom. The van der Waals surface area contributed by atoms with Gasteiger partial charge in [0.1, 0.15) is 0 Å². The lowest BCUT2D eigenvalue weighted by molar-refractivity contribution is 0.712. The molecule has 0 amide bonds. The second kappa shape index (κ2) is 4.85. The molecule has 0 atom stereocenters. The Hall–Kier alpha value is -1.76. The van der Waals surface area contributed by atoms with E-state index in [9.17, 15) is 0 Å². The van der Waals surface area contributed by atoms with Crippen molar-refractivity contribution in [3.8, 4) is 0 Å². The average molecular weight is 237 g/mol. The highest BCUT2D eigenvalue weighted by Gasteiger charge is 2.06. The van der Waals surface area contributed by atoms with Crippen molar-refractivity contribution in [3.63, 3.8) is 0 Å². The van der Waals surface area contributed by atoms with Crippen LogP contribution in [0.2, 0.25) is 0 Å². The standard InChI is InChI=1S/C17H19N/c1-2-3-4-9-17-15-11-10-13-7-5-6-8-14(13)16(15)12-18-17/h5-8,10-12,18H,2-4,9H2,1H3. The first-order valence-corrected chi connectivity index (χ1v) is 6.88. The summed E-state index contributed by atoms with van der Waals surface area (Å²) in [5.41, 5.74) is 1.39. The van der Waals surface area contributed by atoms with Gasteiger partial charge in [0.2, 0.25) is 0 Å². The number of H-pyrrole nitrogens is 1. The SMILES string of the molecule is CCCCCc1[nH]cc2c1ccc1ccccc12. The lowest BCUT2D eigenvalue weighted by Gasteiger charge is -2.01. The number of hydrogen-bond donors (Lipinski definition) is 1. The molecule has 0 radical (unpaired) electrons. The van der Waals surface area contributed by atoms with E-state index in [1.54, 1.807) is 0 Å². The molecule has 18 heavy (non-hydrogen) atoms. The highest BCUT2D eigenvalue weighted by atomic mass is 14.7. The molecule has 1 N–H and O–H groups in total. The first-order chi connectivity index (χ1) is 8.90. The molecular formula is C17H19N. The van der Waals surface area contributed by atoms with Crippen molar-refractivity contribution < 1.29 is 0 Å². The van der Waals surface area contributed by atoms with Gasteiger partial charge in [0.25, 0.3) is 0 Å². The van der Waals surface area contributed by atoms with Crippen LogP contribution in [0.1, 0.15) is 31.9 Å². The Morgan fingerprint density at radius 3 is 2.67 bits per heavy atom. The Labute approximate surface area is 108 Å². The van der Waals surface area contributed by atoms with Crippen LogP contribution in [0.4, 0.5) is 0 Å². The van der Waals surface area contributed by atoms with Crippen LogP contribution in [0.5, 0.6) is 0 Å². The number of aromatic nitrogens is 1. The molecule has 3 rings (SSSR count). The Morgan fingerprint density at radius 1 is 0.889 bits per heavy atom. The summed E-state index contributed by atoms with van der Waals surface area (Å²) < 4.78 is 0. The third-order valence-electron chi connectivity index (χ3n) is 3.72. The van der Waals surface area contributed by atoms with Crippen LogP contribution in [0.3, 0.4) is 0 Å². The van der Waals surface area contributed by atoms with E-state index in [-0.39, 0.29) is 0 Å². The van der Waals surface area contributed by atoms with Crippen LogP contribution in [0, 0.1) is 0 Å². The molecule has 0 aliphatic carbocycles. The normalized spacial score (nSPS) is 11.4.